The number of aldehydes is 1. The number of carboxylic acid groups (broad SMARTS) is 1. The topological polar surface area (TPSA) is 168 Å². The number of hydrogen-bond acceptors (Lipinski definition) is 6. The first-order valence-electron chi connectivity index (χ1n) is 8.65. The number of urea groups is 2. The number of nitrogens with one attached hydrogen (secondary N) is 3. The first-order valence-corrected chi connectivity index (χ1v) is 8.65. The lowest BCUT2D eigenvalue weighted by Gasteiger charge is -2.42. The lowest BCUT2D eigenvalue weighted by molar-refractivity contribution is -0.155. The van der Waals surface area contributed by atoms with Gasteiger partial charge in [0.05, 0.1) is 19.0 Å². The van der Waals surface area contributed by atoms with E-state index in [1.54, 1.807) is 0 Å². The summed E-state index contributed by atoms with van der Waals surface area (Å²) in [6.45, 7) is 0.136. The zero-order chi connectivity index (χ0) is 20.8. The summed E-state index contributed by atoms with van der Waals surface area (Å²) < 4.78 is 0. The van der Waals surface area contributed by atoms with Crippen molar-refractivity contribution in [2.24, 2.45) is 0 Å². The monoisotopic (exact) mass is 398 g/mol. The quantitative estimate of drug-likeness (QED) is 0.376. The molecule has 2 unspecified atom stereocenters. The maximum absolute atomic E-state index is 12.9. The molecule has 2 rings (SSSR count). The molecule has 2 saturated heterocycles. The Balaban J connectivity index is 2.24. The molecule has 2 heterocycles. The largest absolute Gasteiger partial charge is 0.481 e. The van der Waals surface area contributed by atoms with Gasteiger partial charge < -0.3 is 20.5 Å². The summed E-state index contributed by atoms with van der Waals surface area (Å²) in [5.74, 6) is -2.43. The predicted molar refractivity (Wildman–Crippen MR) is 91.1 cm³/mol. The van der Waals surface area contributed by atoms with Crippen LogP contribution in [0.4, 0.5) is 9.59 Å². The normalized spacial score (nSPS) is 20.6. The Morgan fingerprint density at radius 3 is 2.61 bits per heavy atom. The average Bonchev–Trinajstić information content (AvgIpc) is 2.78. The highest BCUT2D eigenvalue weighted by molar-refractivity contribution is 5.92. The van der Waals surface area contributed by atoms with Crippen molar-refractivity contribution in [3.63, 3.8) is 0 Å². The molecule has 0 bridgehead atoms. The van der Waals surface area contributed by atoms with E-state index in [-0.39, 0.29) is 25.9 Å². The standard InChI is InChI=1S/C15H22N6O7/c1-16-14(27)18-19-6-4-11(23)20-5-2-3-10(21(20)15(19)28)13(26)17-9(8-22)7-12(24)25/h8-10H,2-7H2,1H3,(H,17,26)(H,24,25)(H2,16,18,27). The van der Waals surface area contributed by atoms with E-state index < -0.39 is 48.4 Å². The smallest absolute Gasteiger partial charge is 0.358 e. The van der Waals surface area contributed by atoms with Gasteiger partial charge in [0.1, 0.15) is 12.3 Å². The summed E-state index contributed by atoms with van der Waals surface area (Å²) in [4.78, 5) is 71.3. The summed E-state index contributed by atoms with van der Waals surface area (Å²) in [5.41, 5.74) is 2.30. The first kappa shape index (κ1) is 20.9. The van der Waals surface area contributed by atoms with Crippen LogP contribution >= 0.6 is 0 Å². The van der Waals surface area contributed by atoms with Crippen molar-refractivity contribution >= 4 is 36.1 Å². The fraction of sp³-hybridized carbons (Fsp3) is 0.600. The molecule has 4 N–H and O–H groups in total. The number of carboxylic acids is 1. The van der Waals surface area contributed by atoms with Gasteiger partial charge in [-0.1, -0.05) is 0 Å². The Labute approximate surface area is 159 Å². The molecule has 0 spiro atoms. The fourth-order valence-electron chi connectivity index (χ4n) is 2.99. The minimum atomic E-state index is -1.27. The van der Waals surface area contributed by atoms with Crippen molar-refractivity contribution in [2.75, 3.05) is 20.1 Å². The second-order valence-corrected chi connectivity index (χ2v) is 6.24. The minimum Gasteiger partial charge on any atom is -0.481 e. The molecule has 154 valence electrons. The lowest BCUT2D eigenvalue weighted by atomic mass is 10.1. The van der Waals surface area contributed by atoms with Crippen LogP contribution in [-0.4, -0.2) is 88.5 Å². The van der Waals surface area contributed by atoms with E-state index in [2.05, 4.69) is 16.1 Å². The maximum Gasteiger partial charge on any atom is 0.358 e. The molecular weight excluding hydrogens is 376 g/mol. The van der Waals surface area contributed by atoms with Gasteiger partial charge in [0, 0.05) is 20.0 Å². The van der Waals surface area contributed by atoms with Gasteiger partial charge in [0.25, 0.3) is 0 Å². The van der Waals surface area contributed by atoms with Gasteiger partial charge in [-0.3, -0.25) is 14.4 Å². The van der Waals surface area contributed by atoms with E-state index in [1.807, 2.05) is 0 Å². The lowest BCUT2D eigenvalue weighted by Crippen LogP contribution is -2.65. The predicted octanol–water partition coefficient (Wildman–Crippen LogP) is -1.98. The molecule has 6 amide bonds. The van der Waals surface area contributed by atoms with Crippen molar-refractivity contribution in [3.05, 3.63) is 0 Å². The van der Waals surface area contributed by atoms with Crippen LogP contribution in [0.5, 0.6) is 0 Å². The third-order valence-electron chi connectivity index (χ3n) is 4.32. The minimum absolute atomic E-state index is 0.0590. The van der Waals surface area contributed by atoms with Crippen LogP contribution in [0.15, 0.2) is 0 Å². The Kier molecular flexibility index (Phi) is 6.74. The Morgan fingerprint density at radius 1 is 1.29 bits per heavy atom. The number of carbonyl (C=O) groups is 6. The number of nitrogens with zero attached hydrogens (tertiary/aromatic N) is 3. The number of carbonyl (C=O) groups excluding carboxylic acids is 5. The highest BCUT2D eigenvalue weighted by Gasteiger charge is 2.44. The molecular formula is C15H22N6O7. The summed E-state index contributed by atoms with van der Waals surface area (Å²) in [5, 5.41) is 16.4. The molecule has 28 heavy (non-hydrogen) atoms. The van der Waals surface area contributed by atoms with Gasteiger partial charge in [-0.05, 0) is 12.8 Å². The van der Waals surface area contributed by atoms with Gasteiger partial charge in [0.2, 0.25) is 11.8 Å². The molecule has 2 aliphatic heterocycles. The van der Waals surface area contributed by atoms with Gasteiger partial charge in [-0.2, -0.15) is 0 Å². The number of hydrogen-bond donors (Lipinski definition) is 4. The second-order valence-electron chi connectivity index (χ2n) is 6.24. The third kappa shape index (κ3) is 4.66. The van der Waals surface area contributed by atoms with Crippen molar-refractivity contribution in [3.8, 4) is 0 Å². The van der Waals surface area contributed by atoms with E-state index in [1.165, 1.54) is 7.05 Å². The number of rotatable bonds is 6. The molecule has 0 radical (unpaired) electrons. The van der Waals surface area contributed by atoms with Crippen LogP contribution in [0.25, 0.3) is 0 Å². The summed E-state index contributed by atoms with van der Waals surface area (Å²) >= 11 is 0. The highest BCUT2D eigenvalue weighted by atomic mass is 16.4. The Hall–Kier alpha value is -3.38. The summed E-state index contributed by atoms with van der Waals surface area (Å²) in [6, 6.07) is -3.85. The zero-order valence-corrected chi connectivity index (χ0v) is 15.2. The van der Waals surface area contributed by atoms with Crippen LogP contribution in [0.2, 0.25) is 0 Å². The molecule has 2 fully saturated rings. The van der Waals surface area contributed by atoms with E-state index in [0.717, 1.165) is 15.0 Å². The molecule has 13 heteroatoms. The van der Waals surface area contributed by atoms with Crippen LogP contribution in [0, 0.1) is 0 Å². The Bertz CT molecular complexity index is 684. The van der Waals surface area contributed by atoms with Crippen molar-refractivity contribution in [1.29, 1.82) is 0 Å². The molecule has 13 nitrogen and oxygen atoms in total. The average molecular weight is 398 g/mol. The molecule has 2 aliphatic rings. The van der Waals surface area contributed by atoms with Crippen LogP contribution < -0.4 is 16.1 Å². The van der Waals surface area contributed by atoms with Gasteiger partial charge in [0.15, 0.2) is 0 Å². The van der Waals surface area contributed by atoms with Crippen molar-refractivity contribution in [2.45, 2.75) is 37.8 Å². The highest BCUT2D eigenvalue weighted by Crippen LogP contribution is 2.23. The van der Waals surface area contributed by atoms with E-state index in [0.29, 0.717) is 12.7 Å². The molecule has 0 aliphatic carbocycles. The maximum atomic E-state index is 12.9. The molecule has 0 aromatic rings. The van der Waals surface area contributed by atoms with Gasteiger partial charge >= 0.3 is 18.0 Å². The number of aliphatic carboxylic acids is 1. The number of hydrazine groups is 2. The summed E-state index contributed by atoms with van der Waals surface area (Å²) in [6.07, 6.45) is 0.260. The third-order valence-corrected chi connectivity index (χ3v) is 4.32. The SMILES string of the molecule is CNC(=O)NN1CCC(=O)N2CCCC(C(=O)NC(C=O)CC(=O)O)N2C1=O. The van der Waals surface area contributed by atoms with Gasteiger partial charge in [-0.15, -0.1) is 0 Å². The van der Waals surface area contributed by atoms with Crippen LogP contribution in [0.1, 0.15) is 25.7 Å². The number of fused-ring (bicyclic) bond motifs is 1. The van der Waals surface area contributed by atoms with Crippen molar-refractivity contribution < 1.29 is 33.9 Å². The molecule has 2 atom stereocenters. The van der Waals surface area contributed by atoms with E-state index in [4.69, 9.17) is 5.11 Å². The summed E-state index contributed by atoms with van der Waals surface area (Å²) in [7, 11) is 1.36. The zero-order valence-electron chi connectivity index (χ0n) is 15.2. The van der Waals surface area contributed by atoms with E-state index >= 15 is 0 Å². The first-order chi connectivity index (χ1) is 13.3. The molecule has 0 aromatic carbocycles. The van der Waals surface area contributed by atoms with Gasteiger partial charge in [-0.25, -0.2) is 30.0 Å². The van der Waals surface area contributed by atoms with Crippen LogP contribution in [0.3, 0.4) is 0 Å². The Morgan fingerprint density at radius 2 is 2.00 bits per heavy atom. The number of amides is 6. The molecule has 0 saturated carbocycles. The van der Waals surface area contributed by atoms with Crippen LogP contribution in [-0.2, 0) is 19.2 Å². The van der Waals surface area contributed by atoms with Crippen molar-refractivity contribution in [1.82, 2.24) is 31.1 Å². The second kappa shape index (κ2) is 9.01. The fourth-order valence-corrected chi connectivity index (χ4v) is 2.99. The van der Waals surface area contributed by atoms with E-state index in [9.17, 15) is 28.8 Å². The molecule has 0 aromatic heterocycles.